The van der Waals surface area contributed by atoms with Gasteiger partial charge in [0.1, 0.15) is 0 Å². The van der Waals surface area contributed by atoms with Crippen molar-refractivity contribution in [1.29, 1.82) is 0 Å². The minimum Gasteiger partial charge on any atom is -0.469 e. The summed E-state index contributed by atoms with van der Waals surface area (Å²) in [4.78, 5) is 25.7. The smallest absolute Gasteiger partial charge is 0.307 e. The summed E-state index contributed by atoms with van der Waals surface area (Å²) in [6.07, 6.45) is 8.04. The van der Waals surface area contributed by atoms with Crippen LogP contribution in [0.1, 0.15) is 56.6 Å². The number of rotatable bonds is 8. The molecule has 0 aromatic heterocycles. The first-order chi connectivity index (χ1) is 12.5. The summed E-state index contributed by atoms with van der Waals surface area (Å²) in [6, 6.07) is 7.53. The number of ether oxygens (including phenoxy) is 1. The van der Waals surface area contributed by atoms with Gasteiger partial charge in [0, 0.05) is 11.3 Å². The normalized spacial score (nSPS) is 16.7. The molecule has 7 heteroatoms. The molecule has 1 fully saturated rings. The summed E-state index contributed by atoms with van der Waals surface area (Å²) >= 11 is 1.65. The van der Waals surface area contributed by atoms with E-state index >= 15 is 0 Å². The van der Waals surface area contributed by atoms with Crippen molar-refractivity contribution >= 4 is 36.0 Å². The lowest BCUT2D eigenvalue weighted by molar-refractivity contribution is -0.141. The van der Waals surface area contributed by atoms with Crippen molar-refractivity contribution in [2.45, 2.75) is 55.9 Å². The molecule has 1 amide bonds. The van der Waals surface area contributed by atoms with Crippen LogP contribution in [-0.4, -0.2) is 31.8 Å². The summed E-state index contributed by atoms with van der Waals surface area (Å²) in [5.74, 6) is -0.379. The third-order valence-corrected chi connectivity index (χ3v) is 6.08. The highest BCUT2D eigenvalue weighted by atomic mass is 35.5. The highest BCUT2D eigenvalue weighted by Gasteiger charge is 2.33. The molecule has 0 radical (unpaired) electrons. The lowest BCUT2D eigenvalue weighted by Gasteiger charge is -2.36. The van der Waals surface area contributed by atoms with Crippen molar-refractivity contribution in [3.05, 3.63) is 29.8 Å². The Kier molecular flexibility index (Phi) is 10.2. The van der Waals surface area contributed by atoms with Gasteiger partial charge in [-0.3, -0.25) is 9.59 Å². The van der Waals surface area contributed by atoms with E-state index < -0.39 is 0 Å². The fourth-order valence-electron chi connectivity index (χ4n) is 3.68. The molecule has 152 valence electrons. The Labute approximate surface area is 172 Å². The van der Waals surface area contributed by atoms with E-state index in [9.17, 15) is 9.59 Å². The largest absolute Gasteiger partial charge is 0.469 e. The van der Waals surface area contributed by atoms with E-state index in [1.165, 1.54) is 13.5 Å². The van der Waals surface area contributed by atoms with Crippen molar-refractivity contribution in [3.8, 4) is 0 Å². The Balaban J connectivity index is 0.00000364. The number of methoxy groups -OCH3 is 1. The quantitative estimate of drug-likeness (QED) is 0.498. The summed E-state index contributed by atoms with van der Waals surface area (Å²) < 4.78 is 4.81. The molecule has 1 aromatic carbocycles. The predicted octanol–water partition coefficient (Wildman–Crippen LogP) is 3.85. The Hall–Kier alpha value is -1.24. The van der Waals surface area contributed by atoms with Crippen LogP contribution in [0.4, 0.5) is 0 Å². The first kappa shape index (κ1) is 23.8. The number of esters is 1. The van der Waals surface area contributed by atoms with Crippen LogP contribution in [0.15, 0.2) is 29.2 Å². The SMILES string of the molecule is COC(=O)CC(NC(=O)CC1(CN)CCCCC1)c1ccc(SC)cc1.Cl. The zero-order valence-corrected chi connectivity index (χ0v) is 17.8. The van der Waals surface area contributed by atoms with Gasteiger partial charge in [-0.1, -0.05) is 31.4 Å². The lowest BCUT2D eigenvalue weighted by atomic mass is 9.71. The maximum atomic E-state index is 12.7. The molecular formula is C20H31ClN2O3S. The molecule has 0 bridgehead atoms. The Bertz CT molecular complexity index is 604. The van der Waals surface area contributed by atoms with Crippen LogP contribution >= 0.6 is 24.2 Å². The number of benzene rings is 1. The second-order valence-corrected chi connectivity index (χ2v) is 7.99. The average molecular weight is 415 g/mol. The minimum atomic E-state index is -0.385. The van der Waals surface area contributed by atoms with Crippen LogP contribution in [0, 0.1) is 5.41 Å². The zero-order chi connectivity index (χ0) is 19.0. The van der Waals surface area contributed by atoms with E-state index in [1.54, 1.807) is 11.8 Å². The van der Waals surface area contributed by atoms with Crippen LogP contribution in [0.3, 0.4) is 0 Å². The topological polar surface area (TPSA) is 81.4 Å². The van der Waals surface area contributed by atoms with Gasteiger partial charge < -0.3 is 15.8 Å². The molecule has 1 saturated carbocycles. The Morgan fingerprint density at radius 3 is 2.37 bits per heavy atom. The van der Waals surface area contributed by atoms with Crippen LogP contribution < -0.4 is 11.1 Å². The highest BCUT2D eigenvalue weighted by molar-refractivity contribution is 7.98. The molecule has 1 aliphatic rings. The van der Waals surface area contributed by atoms with Crippen molar-refractivity contribution in [2.24, 2.45) is 11.1 Å². The molecule has 0 saturated heterocycles. The van der Waals surface area contributed by atoms with Gasteiger partial charge in [-0.2, -0.15) is 0 Å². The maximum Gasteiger partial charge on any atom is 0.307 e. The van der Waals surface area contributed by atoms with Gasteiger partial charge in [0.05, 0.1) is 19.6 Å². The number of nitrogens with two attached hydrogens (primary N) is 1. The molecule has 3 N–H and O–H groups in total. The van der Waals surface area contributed by atoms with Gasteiger partial charge in [0.25, 0.3) is 0 Å². The summed E-state index contributed by atoms with van der Waals surface area (Å²) in [5, 5.41) is 3.04. The number of carbonyl (C=O) groups is 2. The minimum absolute atomic E-state index is 0. The second-order valence-electron chi connectivity index (χ2n) is 7.12. The average Bonchev–Trinajstić information content (AvgIpc) is 2.68. The standard InChI is InChI=1S/C20H30N2O3S.ClH/c1-25-19(24)12-17(15-6-8-16(26-2)9-7-15)22-18(23)13-20(14-21)10-4-3-5-11-20;/h6-9,17H,3-5,10-14,21H2,1-2H3,(H,22,23);1H. The van der Waals surface area contributed by atoms with Gasteiger partial charge in [-0.05, 0) is 48.8 Å². The van der Waals surface area contributed by atoms with Gasteiger partial charge in [-0.15, -0.1) is 24.2 Å². The van der Waals surface area contributed by atoms with Crippen LogP contribution in [0.5, 0.6) is 0 Å². The molecular weight excluding hydrogens is 384 g/mol. The van der Waals surface area contributed by atoms with E-state index in [0.29, 0.717) is 13.0 Å². The van der Waals surface area contributed by atoms with Crippen LogP contribution in [-0.2, 0) is 14.3 Å². The molecule has 5 nitrogen and oxygen atoms in total. The number of halogens is 1. The van der Waals surface area contributed by atoms with Gasteiger partial charge >= 0.3 is 5.97 Å². The molecule has 1 aromatic rings. The van der Waals surface area contributed by atoms with E-state index in [1.807, 2.05) is 30.5 Å². The van der Waals surface area contributed by atoms with Crippen LogP contribution in [0.2, 0.25) is 0 Å². The summed E-state index contributed by atoms with van der Waals surface area (Å²) in [6.45, 7) is 0.532. The van der Waals surface area contributed by atoms with Crippen LogP contribution in [0.25, 0.3) is 0 Å². The third-order valence-electron chi connectivity index (χ3n) is 5.33. The summed E-state index contributed by atoms with van der Waals surface area (Å²) in [5.41, 5.74) is 6.82. The Morgan fingerprint density at radius 2 is 1.85 bits per heavy atom. The third kappa shape index (κ3) is 7.01. The first-order valence-corrected chi connectivity index (χ1v) is 10.4. The molecule has 0 heterocycles. The molecule has 0 spiro atoms. The molecule has 1 unspecified atom stereocenters. The fraction of sp³-hybridized carbons (Fsp3) is 0.600. The molecule has 1 aliphatic carbocycles. The van der Waals surface area contributed by atoms with Crippen molar-refractivity contribution in [3.63, 3.8) is 0 Å². The second kappa shape index (κ2) is 11.6. The monoisotopic (exact) mass is 414 g/mol. The molecule has 0 aliphatic heterocycles. The highest BCUT2D eigenvalue weighted by Crippen LogP contribution is 2.38. The molecule has 2 rings (SSSR count). The maximum absolute atomic E-state index is 12.7. The molecule has 27 heavy (non-hydrogen) atoms. The number of nitrogens with one attached hydrogen (secondary N) is 1. The number of hydrogen-bond donors (Lipinski definition) is 2. The number of carbonyl (C=O) groups excluding carboxylic acids is 2. The van der Waals surface area contributed by atoms with Crippen molar-refractivity contribution in [2.75, 3.05) is 19.9 Å². The fourth-order valence-corrected chi connectivity index (χ4v) is 4.09. The van der Waals surface area contributed by atoms with Gasteiger partial charge in [0.15, 0.2) is 0 Å². The van der Waals surface area contributed by atoms with E-state index in [0.717, 1.165) is 36.1 Å². The van der Waals surface area contributed by atoms with Crippen molar-refractivity contribution in [1.82, 2.24) is 5.32 Å². The first-order valence-electron chi connectivity index (χ1n) is 9.22. The molecule has 1 atom stereocenters. The van der Waals surface area contributed by atoms with Gasteiger partial charge in [0.2, 0.25) is 5.91 Å². The van der Waals surface area contributed by atoms with Gasteiger partial charge in [-0.25, -0.2) is 0 Å². The Morgan fingerprint density at radius 1 is 1.22 bits per heavy atom. The number of thioether (sulfide) groups is 1. The lowest BCUT2D eigenvalue weighted by Crippen LogP contribution is -2.40. The number of amides is 1. The summed E-state index contributed by atoms with van der Waals surface area (Å²) in [7, 11) is 1.36. The zero-order valence-electron chi connectivity index (χ0n) is 16.2. The van der Waals surface area contributed by atoms with Crippen molar-refractivity contribution < 1.29 is 14.3 Å². The predicted molar refractivity (Wildman–Crippen MR) is 112 cm³/mol. The number of hydrogen-bond acceptors (Lipinski definition) is 5. The van der Waals surface area contributed by atoms with E-state index in [-0.39, 0.29) is 42.2 Å². The van der Waals surface area contributed by atoms with E-state index in [4.69, 9.17) is 10.5 Å². The van der Waals surface area contributed by atoms with E-state index in [2.05, 4.69) is 5.32 Å².